The average molecular weight is 486 g/mol. The summed E-state index contributed by atoms with van der Waals surface area (Å²) >= 11 is 0. The number of primary amides is 1. The number of hydrogen-bond acceptors (Lipinski definition) is 9. The minimum Gasteiger partial charge on any atom is -0.511 e. The number of nitrogens with two attached hydrogens (primary N) is 1. The van der Waals surface area contributed by atoms with Crippen molar-refractivity contribution >= 4 is 23.2 Å². The molecule has 10 nitrogen and oxygen atoms in total. The Balaban J connectivity index is 1.88. The van der Waals surface area contributed by atoms with Crippen molar-refractivity contribution in [3.63, 3.8) is 0 Å². The number of carbonyl (C=O) groups excluding carboxylic acids is 3. The molecule has 3 aliphatic rings. The highest BCUT2D eigenvalue weighted by atomic mass is 16.3. The summed E-state index contributed by atoms with van der Waals surface area (Å²) in [5.41, 5.74) is 3.64. The number of Topliss-reactive ketones (excluding diaryl/α,β-unsaturated/α-hetero) is 2. The molecule has 0 aromatic heterocycles. The van der Waals surface area contributed by atoms with Gasteiger partial charge in [-0.15, -0.1) is 0 Å². The standard InChI is InChI=1S/C25H31N3O7/c1-4-5-27-10-12-8-15(28(2)3)14-7-11-6-13-9-16(29)19(24(26)34)23(33)25(13,35)22(32)17(11)21(31)18(14)20(12)30/h8,11,13,27,29-30,32,35H,4-7,9-10H2,1-3H3,(H2,26,34)/t11-,13+,25+/m1/s1. The van der Waals surface area contributed by atoms with Gasteiger partial charge >= 0.3 is 0 Å². The number of phenols is 1. The van der Waals surface area contributed by atoms with Crippen LogP contribution in [-0.2, 0) is 22.6 Å². The van der Waals surface area contributed by atoms with Crippen LogP contribution in [-0.4, -0.2) is 64.1 Å². The lowest BCUT2D eigenvalue weighted by atomic mass is 9.60. The number of rotatable bonds is 6. The van der Waals surface area contributed by atoms with E-state index in [0.717, 1.165) is 18.7 Å². The number of amides is 1. The first-order chi connectivity index (χ1) is 16.4. The van der Waals surface area contributed by atoms with Crippen LogP contribution in [0.1, 0.15) is 47.7 Å². The SMILES string of the molecule is CCCNCc1cc(N(C)C)c2c(c1O)C(=O)C1=C(O)[C@]3(O)C(=O)C(C(N)=O)=C(O)C[C@@H]3C[C@@H]1C2. The Morgan fingerprint density at radius 2 is 1.91 bits per heavy atom. The Hall–Kier alpha value is -3.37. The number of phenolic OH excluding ortho intramolecular Hbond substituents is 1. The van der Waals surface area contributed by atoms with E-state index in [0.29, 0.717) is 17.7 Å². The highest BCUT2D eigenvalue weighted by Crippen LogP contribution is 2.52. The molecule has 0 fully saturated rings. The van der Waals surface area contributed by atoms with Crippen LogP contribution in [0.5, 0.6) is 5.75 Å². The molecule has 0 spiro atoms. The molecule has 0 bridgehead atoms. The first-order valence-electron chi connectivity index (χ1n) is 11.7. The number of anilines is 1. The van der Waals surface area contributed by atoms with Crippen LogP contribution in [0.3, 0.4) is 0 Å². The number of nitrogens with one attached hydrogen (secondary N) is 1. The molecule has 35 heavy (non-hydrogen) atoms. The second-order valence-corrected chi connectivity index (χ2v) is 9.74. The zero-order valence-corrected chi connectivity index (χ0v) is 20.0. The van der Waals surface area contributed by atoms with Crippen molar-refractivity contribution in [1.82, 2.24) is 5.32 Å². The number of nitrogens with zero attached hydrogens (tertiary/aromatic N) is 1. The molecule has 188 valence electrons. The molecule has 0 radical (unpaired) electrons. The monoisotopic (exact) mass is 485 g/mol. The molecule has 7 N–H and O–H groups in total. The van der Waals surface area contributed by atoms with Crippen molar-refractivity contribution in [2.45, 2.75) is 44.8 Å². The lowest BCUT2D eigenvalue weighted by molar-refractivity contribution is -0.144. The zero-order valence-electron chi connectivity index (χ0n) is 20.0. The zero-order chi connectivity index (χ0) is 25.8. The van der Waals surface area contributed by atoms with Crippen LogP contribution in [0.15, 0.2) is 28.7 Å². The molecular formula is C25H31N3O7. The van der Waals surface area contributed by atoms with Crippen LogP contribution in [0, 0.1) is 11.8 Å². The van der Waals surface area contributed by atoms with E-state index in [4.69, 9.17) is 5.73 Å². The van der Waals surface area contributed by atoms with Gasteiger partial charge < -0.3 is 36.4 Å². The predicted octanol–water partition coefficient (Wildman–Crippen LogP) is 1.15. The Kier molecular flexibility index (Phi) is 6.14. The molecule has 0 heterocycles. The molecular weight excluding hydrogens is 454 g/mol. The summed E-state index contributed by atoms with van der Waals surface area (Å²) in [4.78, 5) is 40.4. The van der Waals surface area contributed by atoms with Crippen molar-refractivity contribution in [3.05, 3.63) is 45.4 Å². The van der Waals surface area contributed by atoms with Gasteiger partial charge in [-0.2, -0.15) is 0 Å². The van der Waals surface area contributed by atoms with Gasteiger partial charge in [-0.05, 0) is 43.4 Å². The smallest absolute Gasteiger partial charge is 0.255 e. The van der Waals surface area contributed by atoms with Gasteiger partial charge in [0.25, 0.3) is 5.91 Å². The van der Waals surface area contributed by atoms with Crippen molar-refractivity contribution < 1.29 is 34.8 Å². The maximum atomic E-state index is 13.8. The lowest BCUT2D eigenvalue weighted by Crippen LogP contribution is -2.57. The molecule has 3 aliphatic carbocycles. The Morgan fingerprint density at radius 1 is 1.23 bits per heavy atom. The molecule has 4 rings (SSSR count). The van der Waals surface area contributed by atoms with Crippen LogP contribution in [0.25, 0.3) is 0 Å². The number of hydrogen-bond donors (Lipinski definition) is 6. The van der Waals surface area contributed by atoms with E-state index in [9.17, 15) is 34.8 Å². The quantitative estimate of drug-likeness (QED) is 0.255. The molecule has 0 saturated carbocycles. The van der Waals surface area contributed by atoms with E-state index >= 15 is 0 Å². The van der Waals surface area contributed by atoms with Crippen molar-refractivity contribution in [2.75, 3.05) is 25.5 Å². The second kappa shape index (κ2) is 8.69. The summed E-state index contributed by atoms with van der Waals surface area (Å²) in [6, 6.07) is 1.83. The third-order valence-corrected chi connectivity index (χ3v) is 7.34. The van der Waals surface area contributed by atoms with Crippen LogP contribution >= 0.6 is 0 Å². The van der Waals surface area contributed by atoms with Gasteiger partial charge in [-0.25, -0.2) is 0 Å². The molecule has 1 amide bonds. The fourth-order valence-electron chi connectivity index (χ4n) is 5.66. The van der Waals surface area contributed by atoms with E-state index in [-0.39, 0.29) is 36.1 Å². The van der Waals surface area contributed by atoms with Crippen LogP contribution in [0.2, 0.25) is 0 Å². The highest BCUT2D eigenvalue weighted by molar-refractivity contribution is 6.24. The molecule has 0 saturated heterocycles. The van der Waals surface area contributed by atoms with Crippen molar-refractivity contribution in [1.29, 1.82) is 0 Å². The largest absolute Gasteiger partial charge is 0.511 e. The molecule has 0 aliphatic heterocycles. The van der Waals surface area contributed by atoms with Crippen LogP contribution in [0.4, 0.5) is 5.69 Å². The number of aliphatic hydroxyl groups is 3. The number of aliphatic hydroxyl groups excluding tert-OH is 2. The third kappa shape index (κ3) is 3.59. The Morgan fingerprint density at radius 3 is 2.51 bits per heavy atom. The number of fused-ring (bicyclic) bond motifs is 3. The summed E-state index contributed by atoms with van der Waals surface area (Å²) in [6.45, 7) is 3.05. The minimum absolute atomic E-state index is 0.0288. The summed E-state index contributed by atoms with van der Waals surface area (Å²) in [7, 11) is 3.66. The van der Waals surface area contributed by atoms with Gasteiger partial charge in [-0.1, -0.05) is 6.92 Å². The van der Waals surface area contributed by atoms with E-state index < -0.39 is 52.0 Å². The topological polar surface area (TPSA) is 173 Å². The van der Waals surface area contributed by atoms with E-state index in [2.05, 4.69) is 5.32 Å². The molecule has 3 atom stereocenters. The summed E-state index contributed by atoms with van der Waals surface area (Å²) in [6.07, 6.45) is 1.02. The van der Waals surface area contributed by atoms with E-state index in [1.54, 1.807) is 0 Å². The summed E-state index contributed by atoms with van der Waals surface area (Å²) in [5, 5.41) is 47.0. The maximum Gasteiger partial charge on any atom is 0.255 e. The normalized spacial score (nSPS) is 25.8. The fourth-order valence-corrected chi connectivity index (χ4v) is 5.66. The Bertz CT molecular complexity index is 1200. The minimum atomic E-state index is -2.56. The number of benzene rings is 1. The van der Waals surface area contributed by atoms with Gasteiger partial charge in [0.15, 0.2) is 11.4 Å². The molecule has 0 unspecified atom stereocenters. The van der Waals surface area contributed by atoms with Crippen molar-refractivity contribution in [2.24, 2.45) is 17.6 Å². The van der Waals surface area contributed by atoms with Gasteiger partial charge in [0.05, 0.1) is 5.56 Å². The van der Waals surface area contributed by atoms with Gasteiger partial charge in [0.2, 0.25) is 5.78 Å². The number of ketones is 2. The summed E-state index contributed by atoms with van der Waals surface area (Å²) < 4.78 is 0. The number of aromatic hydroxyl groups is 1. The molecule has 10 heteroatoms. The lowest BCUT2D eigenvalue weighted by Gasteiger charge is -2.46. The average Bonchev–Trinajstić information content (AvgIpc) is 2.77. The van der Waals surface area contributed by atoms with E-state index in [1.165, 1.54) is 0 Å². The van der Waals surface area contributed by atoms with Gasteiger partial charge in [0.1, 0.15) is 22.8 Å². The van der Waals surface area contributed by atoms with Crippen molar-refractivity contribution in [3.8, 4) is 5.75 Å². The van der Waals surface area contributed by atoms with E-state index in [1.807, 2.05) is 32.0 Å². The third-order valence-electron chi connectivity index (χ3n) is 7.34. The Labute approximate surface area is 202 Å². The highest BCUT2D eigenvalue weighted by Gasteiger charge is 2.59. The second-order valence-electron chi connectivity index (χ2n) is 9.74. The summed E-state index contributed by atoms with van der Waals surface area (Å²) in [5.74, 6) is -6.22. The van der Waals surface area contributed by atoms with Gasteiger partial charge in [0, 0.05) is 49.8 Å². The predicted molar refractivity (Wildman–Crippen MR) is 127 cm³/mol. The molecule has 1 aromatic rings. The fraction of sp³-hybridized carbons (Fsp3) is 0.480. The molecule has 1 aromatic carbocycles. The first kappa shape index (κ1) is 24.7. The maximum absolute atomic E-state index is 13.8. The van der Waals surface area contributed by atoms with Crippen LogP contribution < -0.4 is 16.0 Å². The number of carbonyl (C=O) groups is 3. The number of allylic oxidation sites excluding steroid dienone is 2. The first-order valence-corrected chi connectivity index (χ1v) is 11.7. The van der Waals surface area contributed by atoms with Gasteiger partial charge in [-0.3, -0.25) is 14.4 Å².